The number of piperidine rings is 1. The van der Waals surface area contributed by atoms with Crippen LogP contribution in [0.15, 0.2) is 4.52 Å². The molecule has 0 unspecified atom stereocenters. The van der Waals surface area contributed by atoms with Crippen molar-refractivity contribution >= 4 is 9.84 Å². The van der Waals surface area contributed by atoms with Crippen LogP contribution in [0.1, 0.15) is 50.7 Å². The number of hydrogen-bond acceptors (Lipinski definition) is 7. The highest BCUT2D eigenvalue weighted by molar-refractivity contribution is 7.91. The molecule has 1 aromatic heterocycles. The molecule has 1 aromatic rings. The Kier molecular flexibility index (Phi) is 5.03. The lowest BCUT2D eigenvalue weighted by Crippen LogP contribution is -2.50. The van der Waals surface area contributed by atoms with Crippen molar-refractivity contribution < 1.29 is 12.9 Å². The van der Waals surface area contributed by atoms with E-state index in [0.717, 1.165) is 25.9 Å². The third kappa shape index (κ3) is 4.10. The lowest BCUT2D eigenvalue weighted by Gasteiger charge is -2.34. The summed E-state index contributed by atoms with van der Waals surface area (Å²) in [5, 5.41) is 7.28. The lowest BCUT2D eigenvalue weighted by atomic mass is 10.1. The molecule has 2 fully saturated rings. The maximum atomic E-state index is 12.1. The Hall–Kier alpha value is -0.990. The van der Waals surface area contributed by atoms with E-state index in [2.05, 4.69) is 20.4 Å². The lowest BCUT2D eigenvalue weighted by molar-refractivity contribution is 0.153. The van der Waals surface area contributed by atoms with Gasteiger partial charge in [-0.3, -0.25) is 4.90 Å². The second kappa shape index (κ2) is 6.86. The summed E-state index contributed by atoms with van der Waals surface area (Å²) >= 11 is 0. The van der Waals surface area contributed by atoms with Gasteiger partial charge < -0.3 is 9.84 Å². The zero-order valence-electron chi connectivity index (χ0n) is 13.9. The minimum Gasteiger partial charge on any atom is -0.338 e. The summed E-state index contributed by atoms with van der Waals surface area (Å²) in [6.45, 7) is 6.44. The van der Waals surface area contributed by atoms with Crippen molar-refractivity contribution in [3.05, 3.63) is 11.7 Å². The summed E-state index contributed by atoms with van der Waals surface area (Å²) in [6, 6.07) is 0.000269. The molecular formula is C15H26N4O3S. The van der Waals surface area contributed by atoms with Gasteiger partial charge in [0.25, 0.3) is 0 Å². The van der Waals surface area contributed by atoms with Crippen LogP contribution in [0.2, 0.25) is 0 Å². The molecule has 0 aliphatic carbocycles. The van der Waals surface area contributed by atoms with Crippen LogP contribution in [-0.4, -0.2) is 60.1 Å². The van der Waals surface area contributed by atoms with Crippen molar-refractivity contribution in [1.82, 2.24) is 20.4 Å². The summed E-state index contributed by atoms with van der Waals surface area (Å²) in [4.78, 5) is 6.67. The van der Waals surface area contributed by atoms with Crippen LogP contribution < -0.4 is 5.32 Å². The minimum absolute atomic E-state index is 0.0625. The Labute approximate surface area is 137 Å². The first-order chi connectivity index (χ1) is 10.9. The van der Waals surface area contributed by atoms with Gasteiger partial charge in [-0.05, 0) is 25.9 Å². The molecule has 130 valence electrons. The highest BCUT2D eigenvalue weighted by Crippen LogP contribution is 2.22. The van der Waals surface area contributed by atoms with Gasteiger partial charge in [0.15, 0.2) is 15.7 Å². The molecule has 0 amide bonds. The van der Waals surface area contributed by atoms with Crippen LogP contribution in [0.4, 0.5) is 0 Å². The standard InChI is InChI=1S/C15H26N4O3S/c1-11(2)15-17-14(22-18-15)8-16-12-9-23(20,21)10-13(12)19-6-4-3-5-7-19/h11-13,16H,3-10H2,1-2H3/t12-,13+/m1/s1. The summed E-state index contributed by atoms with van der Waals surface area (Å²) in [7, 11) is -2.98. The van der Waals surface area contributed by atoms with E-state index in [4.69, 9.17) is 4.52 Å². The molecule has 3 rings (SSSR count). The van der Waals surface area contributed by atoms with E-state index in [1.54, 1.807) is 0 Å². The van der Waals surface area contributed by atoms with Crippen molar-refractivity contribution in [2.75, 3.05) is 24.6 Å². The third-order valence-electron chi connectivity index (χ3n) is 4.70. The Morgan fingerprint density at radius 3 is 2.65 bits per heavy atom. The Bertz CT molecular complexity index is 622. The number of aromatic nitrogens is 2. The van der Waals surface area contributed by atoms with Crippen LogP contribution in [0, 0.1) is 0 Å². The average molecular weight is 342 g/mol. The molecule has 0 spiro atoms. The van der Waals surface area contributed by atoms with Crippen molar-refractivity contribution in [2.24, 2.45) is 0 Å². The first-order valence-corrected chi connectivity index (χ1v) is 10.3. The number of nitrogens with one attached hydrogen (secondary N) is 1. The molecule has 8 heteroatoms. The first kappa shape index (κ1) is 16.9. The van der Waals surface area contributed by atoms with Crippen LogP contribution in [0.25, 0.3) is 0 Å². The van der Waals surface area contributed by atoms with E-state index >= 15 is 0 Å². The second-order valence-corrected chi connectivity index (χ2v) is 9.08. The van der Waals surface area contributed by atoms with E-state index < -0.39 is 9.84 Å². The molecule has 2 saturated heterocycles. The SMILES string of the molecule is CC(C)c1noc(CN[C@@H]2CS(=O)(=O)C[C@@H]2N2CCCCC2)n1. The molecule has 0 radical (unpaired) electrons. The zero-order chi connectivity index (χ0) is 16.4. The second-order valence-electron chi connectivity index (χ2n) is 6.93. The molecule has 2 atom stereocenters. The largest absolute Gasteiger partial charge is 0.338 e. The fourth-order valence-electron chi connectivity index (χ4n) is 3.43. The number of rotatable bonds is 5. The number of sulfone groups is 1. The number of nitrogens with zero attached hydrogens (tertiary/aromatic N) is 3. The molecule has 23 heavy (non-hydrogen) atoms. The van der Waals surface area contributed by atoms with Gasteiger partial charge in [-0.1, -0.05) is 25.4 Å². The van der Waals surface area contributed by atoms with Crippen LogP contribution in [-0.2, 0) is 16.4 Å². The maximum absolute atomic E-state index is 12.1. The zero-order valence-corrected chi connectivity index (χ0v) is 14.7. The molecule has 0 saturated carbocycles. The van der Waals surface area contributed by atoms with E-state index in [1.807, 2.05) is 13.8 Å². The number of hydrogen-bond donors (Lipinski definition) is 1. The normalized spacial score (nSPS) is 28.5. The Morgan fingerprint density at radius 1 is 1.26 bits per heavy atom. The Morgan fingerprint density at radius 2 is 2.00 bits per heavy atom. The topological polar surface area (TPSA) is 88.3 Å². The predicted molar refractivity (Wildman–Crippen MR) is 86.9 cm³/mol. The van der Waals surface area contributed by atoms with E-state index in [1.165, 1.54) is 6.42 Å². The number of likely N-dealkylation sites (tertiary alicyclic amines) is 1. The van der Waals surface area contributed by atoms with Crippen LogP contribution >= 0.6 is 0 Å². The van der Waals surface area contributed by atoms with E-state index in [0.29, 0.717) is 18.3 Å². The molecule has 0 bridgehead atoms. The fraction of sp³-hybridized carbons (Fsp3) is 0.867. The predicted octanol–water partition coefficient (Wildman–Crippen LogP) is 0.934. The third-order valence-corrected chi connectivity index (χ3v) is 6.41. The molecule has 3 heterocycles. The van der Waals surface area contributed by atoms with Gasteiger partial charge in [0.1, 0.15) is 0 Å². The summed E-state index contributed by atoms with van der Waals surface area (Å²) in [5.41, 5.74) is 0. The first-order valence-electron chi connectivity index (χ1n) is 8.45. The van der Waals surface area contributed by atoms with Gasteiger partial charge in [0, 0.05) is 18.0 Å². The van der Waals surface area contributed by atoms with Gasteiger partial charge >= 0.3 is 0 Å². The Balaban J connectivity index is 1.63. The summed E-state index contributed by atoms with van der Waals surface area (Å²) in [5.74, 6) is 1.88. The fourth-order valence-corrected chi connectivity index (χ4v) is 5.41. The summed E-state index contributed by atoms with van der Waals surface area (Å²) < 4.78 is 29.4. The van der Waals surface area contributed by atoms with Gasteiger partial charge in [-0.25, -0.2) is 8.42 Å². The van der Waals surface area contributed by atoms with Gasteiger partial charge in [-0.15, -0.1) is 0 Å². The smallest absolute Gasteiger partial charge is 0.240 e. The van der Waals surface area contributed by atoms with Gasteiger partial charge in [-0.2, -0.15) is 4.98 Å². The highest BCUT2D eigenvalue weighted by Gasteiger charge is 2.41. The molecule has 2 aliphatic rings. The highest BCUT2D eigenvalue weighted by atomic mass is 32.2. The minimum atomic E-state index is -2.98. The quantitative estimate of drug-likeness (QED) is 0.851. The van der Waals surface area contributed by atoms with E-state index in [-0.39, 0.29) is 29.5 Å². The van der Waals surface area contributed by atoms with E-state index in [9.17, 15) is 8.42 Å². The molecule has 1 N–H and O–H groups in total. The average Bonchev–Trinajstić information content (AvgIpc) is 3.10. The van der Waals surface area contributed by atoms with Crippen molar-refractivity contribution in [1.29, 1.82) is 0 Å². The van der Waals surface area contributed by atoms with Gasteiger partial charge in [0.05, 0.1) is 18.1 Å². The molecular weight excluding hydrogens is 316 g/mol. The maximum Gasteiger partial charge on any atom is 0.240 e. The van der Waals surface area contributed by atoms with Crippen LogP contribution in [0.3, 0.4) is 0 Å². The molecule has 2 aliphatic heterocycles. The molecule has 0 aromatic carbocycles. The van der Waals surface area contributed by atoms with Crippen LogP contribution in [0.5, 0.6) is 0 Å². The van der Waals surface area contributed by atoms with Crippen molar-refractivity contribution in [3.8, 4) is 0 Å². The monoisotopic (exact) mass is 342 g/mol. The van der Waals surface area contributed by atoms with Crippen molar-refractivity contribution in [3.63, 3.8) is 0 Å². The molecule has 7 nitrogen and oxygen atoms in total. The van der Waals surface area contributed by atoms with Gasteiger partial charge in [0.2, 0.25) is 5.89 Å². The van der Waals surface area contributed by atoms with Crippen molar-refractivity contribution in [2.45, 2.75) is 57.7 Å². The summed E-state index contributed by atoms with van der Waals surface area (Å²) in [6.07, 6.45) is 3.56.